The van der Waals surface area contributed by atoms with Crippen LogP contribution in [0.1, 0.15) is 0 Å². The first-order valence-electron chi connectivity index (χ1n) is 6.91. The number of non-ortho nitro benzene ring substituents is 1. The van der Waals surface area contributed by atoms with E-state index in [-0.39, 0.29) is 22.6 Å². The molecule has 3 rings (SSSR count). The Hall–Kier alpha value is -4.33. The van der Waals surface area contributed by atoms with Crippen molar-refractivity contribution < 1.29 is 19.4 Å². The van der Waals surface area contributed by atoms with Gasteiger partial charge in [-0.2, -0.15) is 9.78 Å². The Morgan fingerprint density at radius 2 is 1.85 bits per heavy atom. The first-order chi connectivity index (χ1) is 12.4. The Bertz CT molecular complexity index is 1100. The summed E-state index contributed by atoms with van der Waals surface area (Å²) in [6, 6.07) is 7.12. The minimum atomic E-state index is -0.960. The van der Waals surface area contributed by atoms with E-state index in [2.05, 4.69) is 9.94 Å². The van der Waals surface area contributed by atoms with Gasteiger partial charge in [0.15, 0.2) is 0 Å². The number of carbonyl (C=O) groups is 1. The normalized spacial score (nSPS) is 10.3. The molecular formula is C15H7N5O6. The molecule has 1 heterocycles. The zero-order valence-corrected chi connectivity index (χ0v) is 12.7. The largest absolute Gasteiger partial charge is 0.440 e. The van der Waals surface area contributed by atoms with E-state index in [4.69, 9.17) is 11.3 Å². The van der Waals surface area contributed by atoms with Gasteiger partial charge in [0.1, 0.15) is 5.75 Å². The molecular weight excluding hydrogens is 346 g/mol. The van der Waals surface area contributed by atoms with Gasteiger partial charge >= 0.3 is 6.09 Å². The molecule has 0 N–H and O–H groups in total. The maximum atomic E-state index is 12.3. The quantitative estimate of drug-likeness (QED) is 0.399. The highest BCUT2D eigenvalue weighted by Crippen LogP contribution is 2.32. The molecule has 26 heavy (non-hydrogen) atoms. The summed E-state index contributed by atoms with van der Waals surface area (Å²) < 4.78 is 5.87. The molecule has 0 aliphatic rings. The van der Waals surface area contributed by atoms with Gasteiger partial charge in [0, 0.05) is 23.6 Å². The van der Waals surface area contributed by atoms with Crippen LogP contribution in [0.2, 0.25) is 0 Å². The average molecular weight is 353 g/mol. The van der Waals surface area contributed by atoms with Gasteiger partial charge in [0.2, 0.25) is 0 Å². The molecule has 0 fully saturated rings. The van der Waals surface area contributed by atoms with Crippen molar-refractivity contribution in [3.8, 4) is 5.75 Å². The highest BCUT2D eigenvalue weighted by molar-refractivity contribution is 5.93. The van der Waals surface area contributed by atoms with Crippen molar-refractivity contribution in [2.45, 2.75) is 0 Å². The van der Waals surface area contributed by atoms with Crippen LogP contribution in [0.5, 0.6) is 5.75 Å². The van der Waals surface area contributed by atoms with Crippen molar-refractivity contribution in [2.75, 3.05) is 0 Å². The molecule has 0 unspecified atom stereocenters. The fraction of sp³-hybridized carbons (Fsp3) is 0. The van der Waals surface area contributed by atoms with E-state index in [1.165, 1.54) is 24.4 Å². The van der Waals surface area contributed by atoms with Crippen LogP contribution in [0, 0.1) is 26.8 Å². The molecule has 0 aliphatic carbocycles. The standard InChI is InChI=1S/C15H7N5O6/c1-16-12-6-9-8-17-18(13(9)7-14(12)20(24)25)15(21)26-11-4-2-10(3-5-11)19(22)23/h2-8H. The Balaban J connectivity index is 1.96. The minimum absolute atomic E-state index is 0.0385. The summed E-state index contributed by atoms with van der Waals surface area (Å²) in [5, 5.41) is 25.9. The predicted octanol–water partition coefficient (Wildman–Crippen LogP) is 3.45. The molecule has 128 valence electrons. The van der Waals surface area contributed by atoms with Crippen LogP contribution in [0.4, 0.5) is 21.9 Å². The van der Waals surface area contributed by atoms with E-state index in [1.807, 2.05) is 0 Å². The summed E-state index contributed by atoms with van der Waals surface area (Å²) in [5.74, 6) is 0.0385. The molecule has 0 saturated heterocycles. The number of aromatic nitrogens is 2. The van der Waals surface area contributed by atoms with E-state index in [0.717, 1.165) is 22.9 Å². The van der Waals surface area contributed by atoms with E-state index in [1.54, 1.807) is 0 Å². The Morgan fingerprint density at radius 1 is 1.15 bits per heavy atom. The maximum absolute atomic E-state index is 12.3. The zero-order valence-electron chi connectivity index (χ0n) is 12.7. The van der Waals surface area contributed by atoms with E-state index < -0.39 is 21.6 Å². The molecule has 0 spiro atoms. The lowest BCUT2D eigenvalue weighted by Crippen LogP contribution is -2.18. The van der Waals surface area contributed by atoms with Gasteiger partial charge in [-0.25, -0.2) is 9.64 Å². The third-order valence-electron chi connectivity index (χ3n) is 3.41. The number of nitro benzene ring substituents is 2. The van der Waals surface area contributed by atoms with Gasteiger partial charge in [0.25, 0.3) is 17.1 Å². The number of rotatable bonds is 3. The SMILES string of the molecule is [C-]#[N+]c1cc2cnn(C(=O)Oc3ccc([N+](=O)[O-])cc3)c2cc1[N+](=O)[O-]. The fourth-order valence-electron chi connectivity index (χ4n) is 2.21. The third kappa shape index (κ3) is 2.89. The molecule has 0 bridgehead atoms. The molecule has 2 aromatic carbocycles. The second-order valence-electron chi connectivity index (χ2n) is 4.94. The highest BCUT2D eigenvalue weighted by Gasteiger charge is 2.20. The smallest absolute Gasteiger partial charge is 0.409 e. The van der Waals surface area contributed by atoms with E-state index in [9.17, 15) is 25.0 Å². The lowest BCUT2D eigenvalue weighted by Gasteiger charge is -2.05. The summed E-state index contributed by atoms with van der Waals surface area (Å²) in [5.41, 5.74) is -0.712. The van der Waals surface area contributed by atoms with Gasteiger partial charge in [-0.1, -0.05) is 0 Å². The molecule has 0 saturated carbocycles. The Kier molecular flexibility index (Phi) is 3.99. The van der Waals surface area contributed by atoms with Gasteiger partial charge in [-0.05, 0) is 18.2 Å². The Labute approximate surface area is 144 Å². The number of nitrogens with zero attached hydrogens (tertiary/aromatic N) is 5. The first-order valence-corrected chi connectivity index (χ1v) is 6.91. The van der Waals surface area contributed by atoms with Gasteiger partial charge in [-0.3, -0.25) is 20.2 Å². The van der Waals surface area contributed by atoms with Crippen LogP contribution < -0.4 is 4.74 Å². The second-order valence-corrected chi connectivity index (χ2v) is 4.94. The van der Waals surface area contributed by atoms with Gasteiger partial charge < -0.3 is 4.74 Å². The third-order valence-corrected chi connectivity index (χ3v) is 3.41. The zero-order chi connectivity index (χ0) is 18.8. The lowest BCUT2D eigenvalue weighted by atomic mass is 10.2. The summed E-state index contributed by atoms with van der Waals surface area (Å²) in [7, 11) is 0. The van der Waals surface area contributed by atoms with Gasteiger partial charge in [0.05, 0.1) is 28.1 Å². The molecule has 0 aliphatic heterocycles. The molecule has 0 radical (unpaired) electrons. The van der Waals surface area contributed by atoms with E-state index >= 15 is 0 Å². The van der Waals surface area contributed by atoms with Crippen LogP contribution in [0.3, 0.4) is 0 Å². The number of ether oxygens (including phenoxy) is 1. The van der Waals surface area contributed by atoms with Crippen LogP contribution >= 0.6 is 0 Å². The van der Waals surface area contributed by atoms with Crippen molar-refractivity contribution in [2.24, 2.45) is 0 Å². The van der Waals surface area contributed by atoms with Crippen molar-refractivity contribution in [3.63, 3.8) is 0 Å². The van der Waals surface area contributed by atoms with E-state index in [0.29, 0.717) is 5.39 Å². The van der Waals surface area contributed by atoms with Gasteiger partial charge in [-0.15, -0.1) is 0 Å². The Morgan fingerprint density at radius 3 is 2.42 bits per heavy atom. The molecule has 0 atom stereocenters. The van der Waals surface area contributed by atoms with Crippen molar-refractivity contribution in [3.05, 3.63) is 74.2 Å². The minimum Gasteiger partial charge on any atom is -0.409 e. The lowest BCUT2D eigenvalue weighted by molar-refractivity contribution is -0.384. The number of benzene rings is 2. The van der Waals surface area contributed by atoms with Crippen molar-refractivity contribution in [1.29, 1.82) is 0 Å². The van der Waals surface area contributed by atoms with Crippen LogP contribution in [0.25, 0.3) is 15.7 Å². The van der Waals surface area contributed by atoms with Crippen LogP contribution in [-0.4, -0.2) is 25.7 Å². The summed E-state index contributed by atoms with van der Waals surface area (Å²) in [6.45, 7) is 6.99. The monoisotopic (exact) mass is 353 g/mol. The molecule has 11 nitrogen and oxygen atoms in total. The number of hydrogen-bond donors (Lipinski definition) is 0. The molecule has 11 heteroatoms. The molecule has 0 amide bonds. The van der Waals surface area contributed by atoms with Crippen molar-refractivity contribution in [1.82, 2.24) is 9.78 Å². The number of carbonyl (C=O) groups excluding carboxylic acids is 1. The number of nitro groups is 2. The van der Waals surface area contributed by atoms with Crippen LogP contribution in [-0.2, 0) is 0 Å². The summed E-state index contributed by atoms with van der Waals surface area (Å²) >= 11 is 0. The predicted molar refractivity (Wildman–Crippen MR) is 87.2 cm³/mol. The van der Waals surface area contributed by atoms with Crippen LogP contribution in [0.15, 0.2) is 42.6 Å². The number of hydrogen-bond acceptors (Lipinski definition) is 7. The van der Waals surface area contributed by atoms with Crippen molar-refractivity contribution >= 4 is 34.1 Å². The first kappa shape index (κ1) is 16.5. The second kappa shape index (κ2) is 6.29. The summed E-state index contributed by atoms with van der Waals surface area (Å²) in [6.07, 6.45) is 0.309. The molecule has 3 aromatic rings. The highest BCUT2D eigenvalue weighted by atomic mass is 16.6. The average Bonchev–Trinajstić information content (AvgIpc) is 3.03. The molecule has 1 aromatic heterocycles. The summed E-state index contributed by atoms with van der Waals surface area (Å²) in [4.78, 5) is 35.7. The topological polar surface area (TPSA) is 135 Å². The fourth-order valence-corrected chi connectivity index (χ4v) is 2.21. The number of fused-ring (bicyclic) bond motifs is 1. The maximum Gasteiger partial charge on any atom is 0.440 e.